The van der Waals surface area contributed by atoms with Gasteiger partial charge in [0.25, 0.3) is 0 Å². The van der Waals surface area contributed by atoms with Gasteiger partial charge in [0.1, 0.15) is 0 Å². The summed E-state index contributed by atoms with van der Waals surface area (Å²) in [5, 5.41) is 20.6. The fourth-order valence-electron chi connectivity index (χ4n) is 2.75. The molecular formula is C17H22ClN3O2. The first-order valence-corrected chi connectivity index (χ1v) is 7.98. The summed E-state index contributed by atoms with van der Waals surface area (Å²) in [7, 11) is 0. The molecule has 1 heterocycles. The van der Waals surface area contributed by atoms with E-state index in [1.165, 1.54) is 0 Å². The number of aliphatic hydroxyl groups excluding tert-OH is 1. The standard InChI is InChI=1S/C17H22ClN3O2/c1-10(17-11(2)20-21-12(17)3)8-16(23)19-9-15(22)13-4-6-14(18)7-5-13/h4-7,10,15,22H,8-9H2,1-3H3,(H,19,23)(H,20,21). The maximum absolute atomic E-state index is 12.1. The number of nitrogens with one attached hydrogen (secondary N) is 2. The highest BCUT2D eigenvalue weighted by atomic mass is 35.5. The van der Waals surface area contributed by atoms with E-state index in [1.807, 2.05) is 20.8 Å². The first kappa shape index (κ1) is 17.5. The van der Waals surface area contributed by atoms with Crippen LogP contribution in [0.15, 0.2) is 24.3 Å². The maximum Gasteiger partial charge on any atom is 0.220 e. The number of aryl methyl sites for hydroxylation is 2. The van der Waals surface area contributed by atoms with Crippen LogP contribution in [-0.2, 0) is 4.79 Å². The second-order valence-electron chi connectivity index (χ2n) is 5.82. The summed E-state index contributed by atoms with van der Waals surface area (Å²) in [6.07, 6.45) is -0.391. The lowest BCUT2D eigenvalue weighted by molar-refractivity contribution is -0.121. The summed E-state index contributed by atoms with van der Waals surface area (Å²) in [6.45, 7) is 6.06. The number of carbonyl (C=O) groups is 1. The number of carbonyl (C=O) groups excluding carboxylic acids is 1. The van der Waals surface area contributed by atoms with Crippen LogP contribution in [0, 0.1) is 13.8 Å². The number of rotatable bonds is 6. The van der Waals surface area contributed by atoms with E-state index in [0.29, 0.717) is 11.4 Å². The van der Waals surface area contributed by atoms with Gasteiger partial charge in [0, 0.05) is 23.7 Å². The predicted octanol–water partition coefficient (Wildman–Crippen LogP) is 3.02. The number of aliphatic hydroxyl groups is 1. The molecular weight excluding hydrogens is 314 g/mol. The smallest absolute Gasteiger partial charge is 0.220 e. The Labute approximate surface area is 141 Å². The Morgan fingerprint density at radius 2 is 2.00 bits per heavy atom. The summed E-state index contributed by atoms with van der Waals surface area (Å²) in [6, 6.07) is 6.93. The number of aromatic nitrogens is 2. The molecule has 0 aliphatic carbocycles. The summed E-state index contributed by atoms with van der Waals surface area (Å²) in [5.41, 5.74) is 3.72. The Morgan fingerprint density at radius 1 is 1.35 bits per heavy atom. The van der Waals surface area contributed by atoms with Crippen LogP contribution in [0.3, 0.4) is 0 Å². The Kier molecular flexibility index (Phi) is 5.80. The van der Waals surface area contributed by atoms with Crippen LogP contribution < -0.4 is 5.32 Å². The minimum atomic E-state index is -0.746. The fourth-order valence-corrected chi connectivity index (χ4v) is 2.88. The Bertz CT molecular complexity index is 647. The molecule has 6 heteroatoms. The predicted molar refractivity (Wildman–Crippen MR) is 90.5 cm³/mol. The van der Waals surface area contributed by atoms with Crippen molar-refractivity contribution >= 4 is 17.5 Å². The van der Waals surface area contributed by atoms with E-state index < -0.39 is 6.10 Å². The fraction of sp³-hybridized carbons (Fsp3) is 0.412. The molecule has 1 aromatic heterocycles. The van der Waals surface area contributed by atoms with Crippen molar-refractivity contribution in [3.63, 3.8) is 0 Å². The molecule has 1 aromatic carbocycles. The van der Waals surface area contributed by atoms with Gasteiger partial charge in [-0.1, -0.05) is 30.7 Å². The summed E-state index contributed by atoms with van der Waals surface area (Å²) < 4.78 is 0. The van der Waals surface area contributed by atoms with E-state index >= 15 is 0 Å². The number of nitrogens with zero attached hydrogens (tertiary/aromatic N) is 1. The average Bonchev–Trinajstić information content (AvgIpc) is 2.84. The summed E-state index contributed by atoms with van der Waals surface area (Å²) in [5.74, 6) is -0.0214. The van der Waals surface area contributed by atoms with E-state index in [-0.39, 0.29) is 18.4 Å². The van der Waals surface area contributed by atoms with E-state index in [2.05, 4.69) is 15.5 Å². The number of hydrogen-bond acceptors (Lipinski definition) is 3. The third-order valence-electron chi connectivity index (χ3n) is 3.92. The third-order valence-corrected chi connectivity index (χ3v) is 4.17. The minimum Gasteiger partial charge on any atom is -0.387 e. The van der Waals surface area contributed by atoms with E-state index in [9.17, 15) is 9.90 Å². The largest absolute Gasteiger partial charge is 0.387 e. The second-order valence-corrected chi connectivity index (χ2v) is 6.26. The molecule has 5 nitrogen and oxygen atoms in total. The van der Waals surface area contributed by atoms with Crippen LogP contribution in [-0.4, -0.2) is 27.8 Å². The molecule has 0 aliphatic heterocycles. The van der Waals surface area contributed by atoms with Crippen LogP contribution in [0.5, 0.6) is 0 Å². The third kappa shape index (κ3) is 4.56. The van der Waals surface area contributed by atoms with Gasteiger partial charge in [0.15, 0.2) is 0 Å². The molecule has 0 spiro atoms. The topological polar surface area (TPSA) is 78.0 Å². The van der Waals surface area contributed by atoms with Crippen LogP contribution >= 0.6 is 11.6 Å². The molecule has 0 saturated carbocycles. The van der Waals surface area contributed by atoms with Gasteiger partial charge < -0.3 is 10.4 Å². The number of halogens is 1. The molecule has 2 aromatic rings. The van der Waals surface area contributed by atoms with Gasteiger partial charge in [-0.2, -0.15) is 5.10 Å². The number of aromatic amines is 1. The Balaban J connectivity index is 1.86. The molecule has 2 unspecified atom stereocenters. The normalized spacial score (nSPS) is 13.6. The van der Waals surface area contributed by atoms with Crippen molar-refractivity contribution in [3.05, 3.63) is 51.8 Å². The van der Waals surface area contributed by atoms with Crippen molar-refractivity contribution in [3.8, 4) is 0 Å². The highest BCUT2D eigenvalue weighted by Gasteiger charge is 2.18. The molecule has 1 amide bonds. The summed E-state index contributed by atoms with van der Waals surface area (Å²) >= 11 is 5.82. The lowest BCUT2D eigenvalue weighted by atomic mass is 9.95. The molecule has 3 N–H and O–H groups in total. The van der Waals surface area contributed by atoms with E-state index in [1.54, 1.807) is 24.3 Å². The molecule has 0 fully saturated rings. The molecule has 0 bridgehead atoms. The van der Waals surface area contributed by atoms with Gasteiger partial charge in [-0.25, -0.2) is 0 Å². The van der Waals surface area contributed by atoms with Gasteiger partial charge in [0.05, 0.1) is 11.8 Å². The number of H-pyrrole nitrogens is 1. The first-order valence-electron chi connectivity index (χ1n) is 7.60. The number of hydrogen-bond donors (Lipinski definition) is 3. The zero-order chi connectivity index (χ0) is 17.0. The lowest BCUT2D eigenvalue weighted by Crippen LogP contribution is -2.29. The Hall–Kier alpha value is -1.85. The molecule has 0 radical (unpaired) electrons. The molecule has 2 rings (SSSR count). The monoisotopic (exact) mass is 335 g/mol. The van der Waals surface area contributed by atoms with Gasteiger partial charge >= 0.3 is 0 Å². The van der Waals surface area contributed by atoms with Crippen LogP contribution in [0.1, 0.15) is 47.9 Å². The van der Waals surface area contributed by atoms with Crippen molar-refractivity contribution in [1.82, 2.24) is 15.5 Å². The van der Waals surface area contributed by atoms with Gasteiger partial charge in [-0.3, -0.25) is 9.89 Å². The maximum atomic E-state index is 12.1. The molecule has 23 heavy (non-hydrogen) atoms. The van der Waals surface area contributed by atoms with Crippen LogP contribution in [0.4, 0.5) is 0 Å². The first-order chi connectivity index (χ1) is 10.9. The number of benzene rings is 1. The molecule has 0 saturated heterocycles. The van der Waals surface area contributed by atoms with E-state index in [0.717, 1.165) is 22.5 Å². The molecule has 2 atom stereocenters. The number of amides is 1. The molecule has 124 valence electrons. The zero-order valence-corrected chi connectivity index (χ0v) is 14.3. The van der Waals surface area contributed by atoms with Crippen molar-refractivity contribution in [2.75, 3.05) is 6.54 Å². The van der Waals surface area contributed by atoms with Crippen LogP contribution in [0.2, 0.25) is 5.02 Å². The lowest BCUT2D eigenvalue weighted by Gasteiger charge is -2.15. The highest BCUT2D eigenvalue weighted by Crippen LogP contribution is 2.24. The highest BCUT2D eigenvalue weighted by molar-refractivity contribution is 6.30. The minimum absolute atomic E-state index is 0.0708. The summed E-state index contributed by atoms with van der Waals surface area (Å²) in [4.78, 5) is 12.1. The average molecular weight is 336 g/mol. The van der Waals surface area contributed by atoms with Crippen molar-refractivity contribution in [1.29, 1.82) is 0 Å². The second kappa shape index (κ2) is 7.62. The van der Waals surface area contributed by atoms with E-state index in [4.69, 9.17) is 11.6 Å². The van der Waals surface area contributed by atoms with Gasteiger partial charge in [0.2, 0.25) is 5.91 Å². The Morgan fingerprint density at radius 3 is 2.57 bits per heavy atom. The van der Waals surface area contributed by atoms with Crippen molar-refractivity contribution in [2.24, 2.45) is 0 Å². The van der Waals surface area contributed by atoms with Crippen LogP contribution in [0.25, 0.3) is 0 Å². The van der Waals surface area contributed by atoms with Crippen molar-refractivity contribution < 1.29 is 9.90 Å². The quantitative estimate of drug-likeness (QED) is 0.759. The van der Waals surface area contributed by atoms with Crippen molar-refractivity contribution in [2.45, 2.75) is 39.2 Å². The van der Waals surface area contributed by atoms with Gasteiger partial charge in [-0.15, -0.1) is 0 Å². The molecule has 0 aliphatic rings. The zero-order valence-electron chi connectivity index (χ0n) is 13.6. The SMILES string of the molecule is Cc1n[nH]c(C)c1C(C)CC(=O)NCC(O)c1ccc(Cl)cc1. The van der Waals surface area contributed by atoms with Gasteiger partial charge in [-0.05, 0) is 43.0 Å².